The van der Waals surface area contributed by atoms with E-state index >= 15 is 0 Å². The maximum atomic E-state index is 11.8. The number of hydrogen-bond donors (Lipinski definition) is 2. The molecule has 0 spiro atoms. The largest absolute Gasteiger partial charge is 0.355 e. The smallest absolute Gasteiger partial charge is 0.240 e. The van der Waals surface area contributed by atoms with E-state index in [4.69, 9.17) is 5.73 Å². The summed E-state index contributed by atoms with van der Waals surface area (Å²) in [7, 11) is 0. The van der Waals surface area contributed by atoms with E-state index in [1.54, 1.807) is 0 Å². The molecule has 0 aliphatic carbocycles. The molecule has 0 saturated carbocycles. The van der Waals surface area contributed by atoms with Gasteiger partial charge >= 0.3 is 0 Å². The monoisotopic (exact) mass is 246 g/mol. The lowest BCUT2D eigenvalue weighted by Crippen LogP contribution is -2.53. The van der Waals surface area contributed by atoms with Gasteiger partial charge in [0.05, 0.1) is 5.54 Å². The first-order valence-corrected chi connectivity index (χ1v) is 7.56. The Morgan fingerprint density at radius 1 is 1.25 bits per heavy atom. The zero-order valence-electron chi connectivity index (χ0n) is 10.8. The van der Waals surface area contributed by atoms with Crippen molar-refractivity contribution in [3.63, 3.8) is 0 Å². The zero-order valence-corrected chi connectivity index (χ0v) is 11.7. The van der Waals surface area contributed by atoms with E-state index in [0.29, 0.717) is 12.8 Å². The normalized spacial score (nSPS) is 11.5. The first-order valence-electron chi connectivity index (χ1n) is 6.16. The molecular weight excluding hydrogens is 220 g/mol. The van der Waals surface area contributed by atoms with E-state index in [9.17, 15) is 4.79 Å². The van der Waals surface area contributed by atoms with Gasteiger partial charge in [0.2, 0.25) is 5.91 Å². The van der Waals surface area contributed by atoms with Crippen LogP contribution in [-0.4, -0.2) is 30.0 Å². The predicted molar refractivity (Wildman–Crippen MR) is 72.7 cm³/mol. The van der Waals surface area contributed by atoms with Gasteiger partial charge in [-0.05, 0) is 37.7 Å². The van der Waals surface area contributed by atoms with Crippen molar-refractivity contribution in [1.29, 1.82) is 0 Å². The van der Waals surface area contributed by atoms with Crippen LogP contribution < -0.4 is 11.1 Å². The van der Waals surface area contributed by atoms with Crippen molar-refractivity contribution >= 4 is 17.7 Å². The van der Waals surface area contributed by atoms with Crippen LogP contribution in [0.5, 0.6) is 0 Å². The first kappa shape index (κ1) is 15.8. The lowest BCUT2D eigenvalue weighted by molar-refractivity contribution is -0.126. The summed E-state index contributed by atoms with van der Waals surface area (Å²) >= 11 is 1.87. The summed E-state index contributed by atoms with van der Waals surface area (Å²) in [5.74, 6) is 1.21. The van der Waals surface area contributed by atoms with E-state index in [1.807, 2.05) is 25.6 Å². The van der Waals surface area contributed by atoms with Crippen molar-refractivity contribution in [3.05, 3.63) is 0 Å². The zero-order chi connectivity index (χ0) is 12.4. The number of carbonyl (C=O) groups is 1. The van der Waals surface area contributed by atoms with Crippen LogP contribution in [0, 0.1) is 0 Å². The maximum absolute atomic E-state index is 11.8. The van der Waals surface area contributed by atoms with E-state index in [-0.39, 0.29) is 5.91 Å². The van der Waals surface area contributed by atoms with Gasteiger partial charge < -0.3 is 11.1 Å². The van der Waals surface area contributed by atoms with Crippen LogP contribution in [0.1, 0.15) is 46.0 Å². The Morgan fingerprint density at radius 3 is 2.38 bits per heavy atom. The van der Waals surface area contributed by atoms with Crippen molar-refractivity contribution < 1.29 is 4.79 Å². The molecule has 3 nitrogen and oxygen atoms in total. The second-order valence-corrected chi connectivity index (χ2v) is 5.16. The Morgan fingerprint density at radius 2 is 1.88 bits per heavy atom. The van der Waals surface area contributed by atoms with E-state index in [0.717, 1.165) is 13.0 Å². The van der Waals surface area contributed by atoms with Gasteiger partial charge in [0.1, 0.15) is 0 Å². The van der Waals surface area contributed by atoms with Gasteiger partial charge in [-0.3, -0.25) is 4.79 Å². The minimum atomic E-state index is -0.667. The average Bonchev–Trinajstić information content (AvgIpc) is 2.32. The van der Waals surface area contributed by atoms with Gasteiger partial charge in [-0.1, -0.05) is 20.3 Å². The quantitative estimate of drug-likeness (QED) is 0.613. The fourth-order valence-corrected chi connectivity index (χ4v) is 1.99. The lowest BCUT2D eigenvalue weighted by atomic mass is 9.93. The van der Waals surface area contributed by atoms with Gasteiger partial charge in [0, 0.05) is 6.54 Å². The van der Waals surface area contributed by atoms with E-state index < -0.39 is 5.54 Å². The molecule has 0 saturated heterocycles. The summed E-state index contributed by atoms with van der Waals surface area (Å²) in [4.78, 5) is 11.8. The summed E-state index contributed by atoms with van der Waals surface area (Å²) in [5, 5.41) is 2.93. The van der Waals surface area contributed by atoms with Crippen LogP contribution in [0.15, 0.2) is 0 Å². The number of hydrogen-bond acceptors (Lipinski definition) is 3. The van der Waals surface area contributed by atoms with Crippen LogP contribution in [-0.2, 0) is 4.79 Å². The lowest BCUT2D eigenvalue weighted by Gasteiger charge is -2.25. The Kier molecular flexibility index (Phi) is 8.76. The number of amides is 1. The van der Waals surface area contributed by atoms with Gasteiger partial charge in [-0.2, -0.15) is 11.8 Å². The van der Waals surface area contributed by atoms with E-state index in [2.05, 4.69) is 11.6 Å². The third-order valence-electron chi connectivity index (χ3n) is 3.02. The fraction of sp³-hybridized carbons (Fsp3) is 0.917. The molecule has 0 aromatic heterocycles. The summed E-state index contributed by atoms with van der Waals surface area (Å²) < 4.78 is 0. The highest BCUT2D eigenvalue weighted by Gasteiger charge is 2.29. The van der Waals surface area contributed by atoms with Crippen LogP contribution in [0.4, 0.5) is 0 Å². The molecule has 0 aromatic carbocycles. The highest BCUT2D eigenvalue weighted by Crippen LogP contribution is 2.11. The number of unbranched alkanes of at least 4 members (excludes halogenated alkanes) is 2. The van der Waals surface area contributed by atoms with Crippen molar-refractivity contribution in [1.82, 2.24) is 5.32 Å². The molecule has 0 unspecified atom stereocenters. The van der Waals surface area contributed by atoms with Crippen LogP contribution in [0.25, 0.3) is 0 Å². The van der Waals surface area contributed by atoms with Crippen molar-refractivity contribution in [2.24, 2.45) is 5.73 Å². The summed E-state index contributed by atoms with van der Waals surface area (Å²) in [6.07, 6.45) is 6.97. The Hall–Kier alpha value is -0.220. The molecule has 3 N–H and O–H groups in total. The topological polar surface area (TPSA) is 55.1 Å². The highest BCUT2D eigenvalue weighted by molar-refractivity contribution is 7.98. The van der Waals surface area contributed by atoms with E-state index in [1.165, 1.54) is 18.6 Å². The second-order valence-electron chi connectivity index (χ2n) is 4.17. The molecule has 1 amide bonds. The van der Waals surface area contributed by atoms with Crippen LogP contribution >= 0.6 is 11.8 Å². The highest BCUT2D eigenvalue weighted by atomic mass is 32.2. The van der Waals surface area contributed by atoms with Crippen molar-refractivity contribution in [2.75, 3.05) is 18.6 Å². The summed E-state index contributed by atoms with van der Waals surface area (Å²) in [5.41, 5.74) is 5.32. The Bertz CT molecular complexity index is 193. The minimum absolute atomic E-state index is 0.00219. The molecule has 0 aliphatic rings. The van der Waals surface area contributed by atoms with Crippen molar-refractivity contribution in [3.8, 4) is 0 Å². The van der Waals surface area contributed by atoms with Gasteiger partial charge in [-0.25, -0.2) is 0 Å². The summed E-state index contributed by atoms with van der Waals surface area (Å²) in [6, 6.07) is 0. The summed E-state index contributed by atoms with van der Waals surface area (Å²) in [6.45, 7) is 4.68. The standard InChI is InChI=1S/C12H26N2OS/c1-4-12(13,5-2)11(15)14-9-7-6-8-10-16-3/h4-10,13H2,1-3H3,(H,14,15). The Balaban J connectivity index is 3.64. The number of carbonyl (C=O) groups excluding carboxylic acids is 1. The van der Waals surface area contributed by atoms with Gasteiger partial charge in [0.25, 0.3) is 0 Å². The SMILES string of the molecule is CCC(N)(CC)C(=O)NCCCCCSC. The molecule has 0 aromatic rings. The first-order chi connectivity index (χ1) is 7.60. The third-order valence-corrected chi connectivity index (χ3v) is 3.72. The molecule has 0 radical (unpaired) electrons. The third kappa shape index (κ3) is 5.75. The molecule has 96 valence electrons. The second kappa shape index (κ2) is 8.88. The maximum Gasteiger partial charge on any atom is 0.240 e. The van der Waals surface area contributed by atoms with Gasteiger partial charge in [0.15, 0.2) is 0 Å². The van der Waals surface area contributed by atoms with Gasteiger partial charge in [-0.15, -0.1) is 0 Å². The number of nitrogens with one attached hydrogen (secondary N) is 1. The number of thioether (sulfide) groups is 1. The molecule has 0 rings (SSSR count). The molecule has 0 aliphatic heterocycles. The molecule has 0 heterocycles. The molecule has 0 atom stereocenters. The number of rotatable bonds is 9. The molecule has 16 heavy (non-hydrogen) atoms. The Labute approximate surface area is 104 Å². The molecular formula is C12H26N2OS. The fourth-order valence-electron chi connectivity index (χ4n) is 1.50. The van der Waals surface area contributed by atoms with Crippen LogP contribution in [0.2, 0.25) is 0 Å². The number of nitrogens with two attached hydrogens (primary N) is 1. The van der Waals surface area contributed by atoms with Crippen molar-refractivity contribution in [2.45, 2.75) is 51.5 Å². The molecule has 0 fully saturated rings. The van der Waals surface area contributed by atoms with Crippen LogP contribution in [0.3, 0.4) is 0 Å². The predicted octanol–water partition coefficient (Wildman–Crippen LogP) is 2.15. The minimum Gasteiger partial charge on any atom is -0.355 e. The molecule has 0 bridgehead atoms. The molecule has 4 heteroatoms. The average molecular weight is 246 g/mol.